The molecule has 20 heavy (non-hydrogen) atoms. The lowest BCUT2D eigenvalue weighted by Crippen LogP contribution is -2.02. The zero-order valence-electron chi connectivity index (χ0n) is 10.4. The summed E-state index contributed by atoms with van der Waals surface area (Å²) in [7, 11) is 0. The van der Waals surface area contributed by atoms with Gasteiger partial charge in [-0.25, -0.2) is 0 Å². The second kappa shape index (κ2) is 6.68. The van der Waals surface area contributed by atoms with Crippen molar-refractivity contribution in [3.63, 3.8) is 0 Å². The van der Waals surface area contributed by atoms with Gasteiger partial charge in [-0.1, -0.05) is 48.0 Å². The number of hydrogen-bond acceptors (Lipinski definition) is 2. The lowest BCUT2D eigenvalue weighted by Gasteiger charge is -2.01. The predicted molar refractivity (Wildman–Crippen MR) is 84.3 cm³/mol. The SMILES string of the molecule is O=[N+]([O-])/C(=C/c1ccc(Cl)c(Br)c1)Cc1ccccc1. The molecule has 0 aliphatic heterocycles. The molecule has 0 saturated heterocycles. The first-order valence-electron chi connectivity index (χ1n) is 5.90. The summed E-state index contributed by atoms with van der Waals surface area (Å²) in [4.78, 5) is 10.8. The molecule has 2 rings (SSSR count). The molecule has 0 fully saturated rings. The van der Waals surface area contributed by atoms with Crippen LogP contribution in [0.25, 0.3) is 6.08 Å². The molecule has 5 heteroatoms. The molecule has 0 aliphatic carbocycles. The summed E-state index contributed by atoms with van der Waals surface area (Å²) in [6.45, 7) is 0. The molecule has 0 spiro atoms. The Morgan fingerprint density at radius 2 is 1.95 bits per heavy atom. The lowest BCUT2D eigenvalue weighted by molar-refractivity contribution is -0.425. The van der Waals surface area contributed by atoms with Crippen molar-refractivity contribution in [3.05, 3.63) is 85.0 Å². The number of benzene rings is 2. The van der Waals surface area contributed by atoms with Crippen LogP contribution in [0.5, 0.6) is 0 Å². The van der Waals surface area contributed by atoms with Crippen LogP contribution in [0.15, 0.2) is 58.7 Å². The molecule has 0 aromatic heterocycles. The third kappa shape index (κ3) is 3.92. The summed E-state index contributed by atoms with van der Waals surface area (Å²) in [5.74, 6) is 0. The van der Waals surface area contributed by atoms with Crippen molar-refractivity contribution < 1.29 is 4.92 Å². The third-order valence-corrected chi connectivity index (χ3v) is 3.95. The van der Waals surface area contributed by atoms with Crippen LogP contribution in [0.4, 0.5) is 0 Å². The Bertz CT molecular complexity index is 656. The summed E-state index contributed by atoms with van der Waals surface area (Å²) in [5.41, 5.74) is 1.79. The molecule has 0 atom stereocenters. The number of nitro groups is 1. The molecule has 3 nitrogen and oxygen atoms in total. The maximum Gasteiger partial charge on any atom is 0.251 e. The van der Waals surface area contributed by atoms with Crippen LogP contribution in [0.2, 0.25) is 5.02 Å². The second-order valence-corrected chi connectivity index (χ2v) is 5.49. The van der Waals surface area contributed by atoms with E-state index in [2.05, 4.69) is 15.9 Å². The number of halogens is 2. The van der Waals surface area contributed by atoms with Gasteiger partial charge in [0.1, 0.15) is 0 Å². The van der Waals surface area contributed by atoms with Crippen LogP contribution in [0, 0.1) is 10.1 Å². The molecule has 0 radical (unpaired) electrons. The molecule has 0 N–H and O–H groups in total. The number of rotatable bonds is 4. The molecular formula is C15H11BrClNO2. The van der Waals surface area contributed by atoms with Gasteiger partial charge in [-0.05, 0) is 39.2 Å². The average molecular weight is 353 g/mol. The summed E-state index contributed by atoms with van der Waals surface area (Å²) in [6.07, 6.45) is 1.85. The first-order valence-corrected chi connectivity index (χ1v) is 7.07. The Morgan fingerprint density at radius 3 is 2.55 bits per heavy atom. The summed E-state index contributed by atoms with van der Waals surface area (Å²) in [5, 5.41) is 11.7. The molecule has 0 unspecified atom stereocenters. The van der Waals surface area contributed by atoms with E-state index in [1.807, 2.05) is 30.3 Å². The largest absolute Gasteiger partial charge is 0.259 e. The molecule has 0 aliphatic rings. The fourth-order valence-electron chi connectivity index (χ4n) is 1.77. The van der Waals surface area contributed by atoms with E-state index in [0.29, 0.717) is 5.02 Å². The van der Waals surface area contributed by atoms with Gasteiger partial charge in [-0.15, -0.1) is 0 Å². The van der Waals surface area contributed by atoms with E-state index < -0.39 is 0 Å². The second-order valence-electron chi connectivity index (χ2n) is 4.23. The normalized spacial score (nSPS) is 11.4. The van der Waals surface area contributed by atoms with Gasteiger partial charge in [0.15, 0.2) is 0 Å². The third-order valence-electron chi connectivity index (χ3n) is 2.74. The monoisotopic (exact) mass is 351 g/mol. The maximum absolute atomic E-state index is 11.2. The van der Waals surface area contributed by atoms with E-state index in [-0.39, 0.29) is 17.0 Å². The van der Waals surface area contributed by atoms with E-state index in [9.17, 15) is 10.1 Å². The minimum Gasteiger partial charge on any atom is -0.259 e. The molecule has 2 aromatic carbocycles. The van der Waals surface area contributed by atoms with Crippen LogP contribution in [-0.2, 0) is 6.42 Å². The van der Waals surface area contributed by atoms with Crippen LogP contribution < -0.4 is 0 Å². The molecule has 0 saturated carbocycles. The maximum atomic E-state index is 11.2. The highest BCUT2D eigenvalue weighted by Crippen LogP contribution is 2.24. The first kappa shape index (κ1) is 14.8. The Morgan fingerprint density at radius 1 is 1.25 bits per heavy atom. The lowest BCUT2D eigenvalue weighted by atomic mass is 10.1. The highest BCUT2D eigenvalue weighted by molar-refractivity contribution is 9.10. The van der Waals surface area contributed by atoms with Gasteiger partial charge in [-0.3, -0.25) is 10.1 Å². The van der Waals surface area contributed by atoms with Crippen molar-refractivity contribution in [2.75, 3.05) is 0 Å². The fraction of sp³-hybridized carbons (Fsp3) is 0.0667. The molecule has 102 valence electrons. The van der Waals surface area contributed by atoms with Gasteiger partial charge < -0.3 is 0 Å². The molecule has 0 bridgehead atoms. The van der Waals surface area contributed by atoms with E-state index >= 15 is 0 Å². The van der Waals surface area contributed by atoms with Crippen molar-refractivity contribution >= 4 is 33.6 Å². The van der Waals surface area contributed by atoms with Gasteiger partial charge in [0.25, 0.3) is 5.70 Å². The smallest absolute Gasteiger partial charge is 0.251 e. The summed E-state index contributed by atoms with van der Waals surface area (Å²) < 4.78 is 0.718. The van der Waals surface area contributed by atoms with E-state index in [4.69, 9.17) is 11.6 Å². The fourth-order valence-corrected chi connectivity index (χ4v) is 2.28. The van der Waals surface area contributed by atoms with Crippen molar-refractivity contribution in [2.45, 2.75) is 6.42 Å². The van der Waals surface area contributed by atoms with Crippen molar-refractivity contribution in [2.24, 2.45) is 0 Å². The number of nitrogens with zero attached hydrogens (tertiary/aromatic N) is 1. The van der Waals surface area contributed by atoms with Crippen LogP contribution in [-0.4, -0.2) is 4.92 Å². The van der Waals surface area contributed by atoms with Crippen molar-refractivity contribution in [1.82, 2.24) is 0 Å². The minimum absolute atomic E-state index is 0.144. The van der Waals surface area contributed by atoms with Crippen LogP contribution >= 0.6 is 27.5 Å². The topological polar surface area (TPSA) is 43.1 Å². The first-order chi connectivity index (χ1) is 9.56. The van der Waals surface area contributed by atoms with E-state index in [0.717, 1.165) is 15.6 Å². The summed E-state index contributed by atoms with van der Waals surface area (Å²) in [6, 6.07) is 14.6. The van der Waals surface area contributed by atoms with Crippen molar-refractivity contribution in [3.8, 4) is 0 Å². The van der Waals surface area contributed by atoms with Crippen LogP contribution in [0.3, 0.4) is 0 Å². The van der Waals surface area contributed by atoms with E-state index in [1.54, 1.807) is 24.3 Å². The predicted octanol–water partition coefficient (Wildman–Crippen LogP) is 4.96. The molecule has 2 aromatic rings. The standard InChI is InChI=1S/C15H11BrClNO2/c16-14-10-12(6-7-15(14)17)9-13(18(19)20)8-11-4-2-1-3-5-11/h1-7,9-10H,8H2/b13-9+. The van der Waals surface area contributed by atoms with Crippen LogP contribution in [0.1, 0.15) is 11.1 Å². The zero-order valence-corrected chi connectivity index (χ0v) is 12.8. The van der Waals surface area contributed by atoms with Gasteiger partial charge in [0.2, 0.25) is 0 Å². The molecular weight excluding hydrogens is 342 g/mol. The zero-order chi connectivity index (χ0) is 14.5. The Balaban J connectivity index is 2.30. The Labute approximate surface area is 130 Å². The minimum atomic E-state index is -0.352. The Hall–Kier alpha value is -1.65. The van der Waals surface area contributed by atoms with Gasteiger partial charge in [0.05, 0.1) is 16.4 Å². The Kier molecular flexibility index (Phi) is 4.93. The quantitative estimate of drug-likeness (QED) is 0.576. The molecule has 0 heterocycles. The molecule has 0 amide bonds. The highest BCUT2D eigenvalue weighted by Gasteiger charge is 2.12. The van der Waals surface area contributed by atoms with Gasteiger partial charge in [-0.2, -0.15) is 0 Å². The van der Waals surface area contributed by atoms with Crippen molar-refractivity contribution in [1.29, 1.82) is 0 Å². The number of allylic oxidation sites excluding steroid dienone is 1. The number of hydrogen-bond donors (Lipinski definition) is 0. The summed E-state index contributed by atoms with van der Waals surface area (Å²) >= 11 is 9.22. The highest BCUT2D eigenvalue weighted by atomic mass is 79.9. The van der Waals surface area contributed by atoms with E-state index in [1.165, 1.54) is 0 Å². The average Bonchev–Trinajstić information content (AvgIpc) is 2.43. The van der Waals surface area contributed by atoms with Gasteiger partial charge >= 0.3 is 0 Å². The van der Waals surface area contributed by atoms with Gasteiger partial charge in [0, 0.05) is 10.5 Å².